The van der Waals surface area contributed by atoms with E-state index in [1.165, 1.54) is 19.3 Å². The first-order valence-corrected chi connectivity index (χ1v) is 4.90. The van der Waals surface area contributed by atoms with Gasteiger partial charge in [-0.25, -0.2) is 0 Å². The number of aliphatic hydroxyl groups is 1. The van der Waals surface area contributed by atoms with Gasteiger partial charge in [0, 0.05) is 6.42 Å². The SMILES string of the molecule is CC#CCCC1CCCC(O)C1. The Balaban J connectivity index is 2.17. The lowest BCUT2D eigenvalue weighted by molar-refractivity contribution is 0.0988. The molecule has 0 spiro atoms. The van der Waals surface area contributed by atoms with Crippen LogP contribution in [0.3, 0.4) is 0 Å². The second-order valence-electron chi connectivity index (χ2n) is 3.65. The summed E-state index contributed by atoms with van der Waals surface area (Å²) < 4.78 is 0. The standard InChI is InChI=1S/C11H18O/c1-2-3-4-6-10-7-5-8-11(12)9-10/h10-12H,4-9H2,1H3. The molecule has 0 aromatic rings. The van der Waals surface area contributed by atoms with Gasteiger partial charge in [-0.05, 0) is 32.1 Å². The van der Waals surface area contributed by atoms with Gasteiger partial charge in [0.25, 0.3) is 0 Å². The van der Waals surface area contributed by atoms with Gasteiger partial charge in [0.05, 0.1) is 6.10 Å². The Morgan fingerprint density at radius 3 is 2.92 bits per heavy atom. The molecule has 1 heteroatoms. The maximum absolute atomic E-state index is 9.40. The predicted molar refractivity (Wildman–Crippen MR) is 50.6 cm³/mol. The van der Waals surface area contributed by atoms with Crippen molar-refractivity contribution in [2.24, 2.45) is 5.92 Å². The third kappa shape index (κ3) is 3.28. The molecule has 1 saturated carbocycles. The fourth-order valence-electron chi connectivity index (χ4n) is 1.93. The van der Waals surface area contributed by atoms with Gasteiger partial charge in [0.2, 0.25) is 0 Å². The van der Waals surface area contributed by atoms with Gasteiger partial charge in [-0.3, -0.25) is 0 Å². The molecule has 0 amide bonds. The van der Waals surface area contributed by atoms with Crippen molar-refractivity contribution in [3.63, 3.8) is 0 Å². The smallest absolute Gasteiger partial charge is 0.0542 e. The van der Waals surface area contributed by atoms with E-state index in [9.17, 15) is 5.11 Å². The van der Waals surface area contributed by atoms with Crippen molar-refractivity contribution in [3.05, 3.63) is 0 Å². The summed E-state index contributed by atoms with van der Waals surface area (Å²) in [6.07, 6.45) is 6.67. The third-order valence-corrected chi connectivity index (χ3v) is 2.61. The van der Waals surface area contributed by atoms with Gasteiger partial charge >= 0.3 is 0 Å². The highest BCUT2D eigenvalue weighted by molar-refractivity contribution is 4.95. The van der Waals surface area contributed by atoms with Crippen molar-refractivity contribution >= 4 is 0 Å². The fourth-order valence-corrected chi connectivity index (χ4v) is 1.93. The van der Waals surface area contributed by atoms with Crippen LogP contribution in [0.15, 0.2) is 0 Å². The molecule has 12 heavy (non-hydrogen) atoms. The summed E-state index contributed by atoms with van der Waals surface area (Å²) in [5.41, 5.74) is 0. The minimum Gasteiger partial charge on any atom is -0.393 e. The maximum Gasteiger partial charge on any atom is 0.0542 e. The molecule has 2 atom stereocenters. The van der Waals surface area contributed by atoms with E-state index < -0.39 is 0 Å². The van der Waals surface area contributed by atoms with E-state index >= 15 is 0 Å². The molecule has 1 aliphatic rings. The Bertz CT molecular complexity index is 175. The highest BCUT2D eigenvalue weighted by atomic mass is 16.3. The van der Waals surface area contributed by atoms with Crippen molar-refractivity contribution in [1.29, 1.82) is 0 Å². The number of rotatable bonds is 2. The van der Waals surface area contributed by atoms with Crippen molar-refractivity contribution in [2.45, 2.75) is 51.6 Å². The largest absolute Gasteiger partial charge is 0.393 e. The van der Waals surface area contributed by atoms with Gasteiger partial charge < -0.3 is 5.11 Å². The molecular weight excluding hydrogens is 148 g/mol. The zero-order valence-electron chi connectivity index (χ0n) is 7.84. The zero-order chi connectivity index (χ0) is 8.81. The molecule has 1 N–H and O–H groups in total. The van der Waals surface area contributed by atoms with E-state index in [0.717, 1.165) is 25.2 Å². The topological polar surface area (TPSA) is 20.2 Å². The molecule has 0 heterocycles. The molecule has 1 fully saturated rings. The van der Waals surface area contributed by atoms with Gasteiger partial charge in [0.15, 0.2) is 0 Å². The first-order chi connectivity index (χ1) is 5.83. The van der Waals surface area contributed by atoms with Crippen LogP contribution in [0.25, 0.3) is 0 Å². The first kappa shape index (κ1) is 9.61. The van der Waals surface area contributed by atoms with Gasteiger partial charge in [-0.2, -0.15) is 0 Å². The molecule has 1 rings (SSSR count). The summed E-state index contributed by atoms with van der Waals surface area (Å²) in [4.78, 5) is 0. The summed E-state index contributed by atoms with van der Waals surface area (Å²) in [5.74, 6) is 6.72. The molecular formula is C11H18O. The zero-order valence-corrected chi connectivity index (χ0v) is 7.84. The highest BCUT2D eigenvalue weighted by Gasteiger charge is 2.18. The maximum atomic E-state index is 9.40. The number of hydrogen-bond donors (Lipinski definition) is 1. The van der Waals surface area contributed by atoms with Crippen LogP contribution in [0, 0.1) is 17.8 Å². The van der Waals surface area contributed by atoms with Crippen LogP contribution in [0.1, 0.15) is 45.4 Å². The summed E-state index contributed by atoms with van der Waals surface area (Å²) in [6, 6.07) is 0. The van der Waals surface area contributed by atoms with Crippen molar-refractivity contribution in [2.75, 3.05) is 0 Å². The predicted octanol–water partition coefficient (Wildman–Crippen LogP) is 2.34. The molecule has 2 unspecified atom stereocenters. The average Bonchev–Trinajstić information content (AvgIpc) is 2.05. The molecule has 0 aliphatic heterocycles. The summed E-state index contributed by atoms with van der Waals surface area (Å²) in [6.45, 7) is 1.88. The van der Waals surface area contributed by atoms with Crippen LogP contribution in [-0.2, 0) is 0 Å². The van der Waals surface area contributed by atoms with Crippen LogP contribution in [0.2, 0.25) is 0 Å². The molecule has 0 aromatic heterocycles. The summed E-state index contributed by atoms with van der Waals surface area (Å²) >= 11 is 0. The average molecular weight is 166 g/mol. The summed E-state index contributed by atoms with van der Waals surface area (Å²) in [5, 5.41) is 9.40. The monoisotopic (exact) mass is 166 g/mol. The Hall–Kier alpha value is -0.480. The van der Waals surface area contributed by atoms with E-state index in [-0.39, 0.29) is 6.10 Å². The Morgan fingerprint density at radius 1 is 1.42 bits per heavy atom. The highest BCUT2D eigenvalue weighted by Crippen LogP contribution is 2.27. The van der Waals surface area contributed by atoms with Gasteiger partial charge in [-0.15, -0.1) is 11.8 Å². The number of aliphatic hydroxyl groups excluding tert-OH is 1. The van der Waals surface area contributed by atoms with E-state index in [0.29, 0.717) is 0 Å². The lowest BCUT2D eigenvalue weighted by atomic mass is 9.84. The second-order valence-corrected chi connectivity index (χ2v) is 3.65. The van der Waals surface area contributed by atoms with E-state index in [2.05, 4.69) is 11.8 Å². The minimum absolute atomic E-state index is 0.0293. The normalized spacial score (nSPS) is 29.2. The molecule has 0 saturated heterocycles. The first-order valence-electron chi connectivity index (χ1n) is 4.90. The third-order valence-electron chi connectivity index (χ3n) is 2.61. The van der Waals surface area contributed by atoms with Crippen LogP contribution in [0.5, 0.6) is 0 Å². The van der Waals surface area contributed by atoms with Crippen LogP contribution in [0.4, 0.5) is 0 Å². The van der Waals surface area contributed by atoms with Crippen molar-refractivity contribution in [3.8, 4) is 11.8 Å². The molecule has 1 aliphatic carbocycles. The van der Waals surface area contributed by atoms with E-state index in [1.807, 2.05) is 6.92 Å². The fraction of sp³-hybridized carbons (Fsp3) is 0.818. The Morgan fingerprint density at radius 2 is 2.25 bits per heavy atom. The Kier molecular flexibility index (Phi) is 4.18. The Labute approximate surface area is 75.2 Å². The van der Waals surface area contributed by atoms with Gasteiger partial charge in [-0.1, -0.05) is 12.8 Å². The minimum atomic E-state index is -0.0293. The second kappa shape index (κ2) is 5.22. The number of hydrogen-bond acceptors (Lipinski definition) is 1. The van der Waals surface area contributed by atoms with Crippen LogP contribution in [-0.4, -0.2) is 11.2 Å². The molecule has 68 valence electrons. The van der Waals surface area contributed by atoms with E-state index in [1.54, 1.807) is 0 Å². The van der Waals surface area contributed by atoms with Crippen molar-refractivity contribution < 1.29 is 5.11 Å². The quantitative estimate of drug-likeness (QED) is 0.624. The van der Waals surface area contributed by atoms with Gasteiger partial charge in [0.1, 0.15) is 0 Å². The molecule has 0 aromatic carbocycles. The van der Waals surface area contributed by atoms with Crippen LogP contribution >= 0.6 is 0 Å². The van der Waals surface area contributed by atoms with Crippen molar-refractivity contribution in [1.82, 2.24) is 0 Å². The van der Waals surface area contributed by atoms with E-state index in [4.69, 9.17) is 0 Å². The molecule has 1 nitrogen and oxygen atoms in total. The van der Waals surface area contributed by atoms with Crippen LogP contribution < -0.4 is 0 Å². The molecule has 0 bridgehead atoms. The lowest BCUT2D eigenvalue weighted by Crippen LogP contribution is -2.19. The lowest BCUT2D eigenvalue weighted by Gasteiger charge is -2.24. The molecule has 0 radical (unpaired) electrons. The summed E-state index contributed by atoms with van der Waals surface area (Å²) in [7, 11) is 0.